The van der Waals surface area contributed by atoms with E-state index in [1.54, 1.807) is 14.0 Å². The highest BCUT2D eigenvalue weighted by Crippen LogP contribution is 2.02. The first-order valence-electron chi connectivity index (χ1n) is 6.45. The second kappa shape index (κ2) is 6.25. The van der Waals surface area contributed by atoms with E-state index < -0.39 is 11.5 Å². The molecule has 0 radical (unpaired) electrons. The number of fused-ring (bicyclic) bond motifs is 1. The molecular formula is C12H15N5O4. The van der Waals surface area contributed by atoms with E-state index in [1.165, 1.54) is 10.9 Å². The highest BCUT2D eigenvalue weighted by atomic mass is 16.5. The summed E-state index contributed by atoms with van der Waals surface area (Å²) in [5, 5.41) is 11.8. The van der Waals surface area contributed by atoms with Gasteiger partial charge in [0, 0.05) is 13.5 Å². The van der Waals surface area contributed by atoms with E-state index in [9.17, 15) is 14.4 Å². The van der Waals surface area contributed by atoms with Gasteiger partial charge in [0.25, 0.3) is 5.56 Å². The molecule has 0 unspecified atom stereocenters. The van der Waals surface area contributed by atoms with Crippen molar-refractivity contribution in [3.8, 4) is 0 Å². The second-order valence-electron chi connectivity index (χ2n) is 4.40. The maximum atomic E-state index is 12.1. The van der Waals surface area contributed by atoms with E-state index >= 15 is 0 Å². The predicted octanol–water partition coefficient (Wildman–Crippen LogP) is -0.563. The van der Waals surface area contributed by atoms with Crippen molar-refractivity contribution in [3.05, 3.63) is 16.6 Å². The fourth-order valence-corrected chi connectivity index (χ4v) is 1.80. The smallest absolute Gasteiger partial charge is 0.306 e. The number of nitrogens with zero attached hydrogens (tertiary/aromatic N) is 5. The van der Waals surface area contributed by atoms with Gasteiger partial charge in [-0.3, -0.25) is 14.4 Å². The van der Waals surface area contributed by atoms with Crippen LogP contribution < -0.4 is 5.56 Å². The molecule has 0 atom stereocenters. The lowest BCUT2D eigenvalue weighted by molar-refractivity contribution is -0.144. The molecule has 0 aliphatic rings. The lowest BCUT2D eigenvalue weighted by atomic mass is 10.2. The fourth-order valence-electron chi connectivity index (χ4n) is 1.80. The van der Waals surface area contributed by atoms with Gasteiger partial charge in [-0.15, -0.1) is 5.10 Å². The van der Waals surface area contributed by atoms with Crippen molar-refractivity contribution in [1.29, 1.82) is 0 Å². The normalized spacial score (nSPS) is 10.8. The van der Waals surface area contributed by atoms with Crippen LogP contribution in [0.1, 0.15) is 19.8 Å². The molecule has 0 aliphatic heterocycles. The van der Waals surface area contributed by atoms with Crippen molar-refractivity contribution in [1.82, 2.24) is 24.8 Å². The van der Waals surface area contributed by atoms with Gasteiger partial charge >= 0.3 is 5.97 Å². The Morgan fingerprint density at radius 3 is 2.81 bits per heavy atom. The number of Topliss-reactive ketones (excluding diaryl/α,β-unsaturated/α-hetero) is 1. The minimum absolute atomic E-state index is 0.00195. The molecule has 0 aliphatic carbocycles. The SMILES string of the molecule is CCOC(=O)CCC(=O)Cn1nnc2c(cnn2C)c1=O. The van der Waals surface area contributed by atoms with Crippen LogP contribution in [-0.2, 0) is 27.9 Å². The molecule has 9 nitrogen and oxygen atoms in total. The highest BCUT2D eigenvalue weighted by Gasteiger charge is 2.13. The number of aryl methyl sites for hydroxylation is 1. The summed E-state index contributed by atoms with van der Waals surface area (Å²) in [4.78, 5) is 35.0. The number of carbonyl (C=O) groups excluding carboxylic acids is 2. The summed E-state index contributed by atoms with van der Waals surface area (Å²) in [5.41, 5.74) is -0.0761. The maximum Gasteiger partial charge on any atom is 0.306 e. The second-order valence-corrected chi connectivity index (χ2v) is 4.40. The molecule has 0 saturated heterocycles. The number of hydrogen-bond acceptors (Lipinski definition) is 7. The van der Waals surface area contributed by atoms with E-state index in [4.69, 9.17) is 4.74 Å². The molecular weight excluding hydrogens is 278 g/mol. The minimum Gasteiger partial charge on any atom is -0.466 e. The van der Waals surface area contributed by atoms with Crippen molar-refractivity contribution in [2.24, 2.45) is 7.05 Å². The van der Waals surface area contributed by atoms with Gasteiger partial charge in [-0.1, -0.05) is 5.21 Å². The Morgan fingerprint density at radius 1 is 1.33 bits per heavy atom. The van der Waals surface area contributed by atoms with Crippen molar-refractivity contribution >= 4 is 22.8 Å². The molecule has 0 fully saturated rings. The molecule has 9 heteroatoms. The average Bonchev–Trinajstić information content (AvgIpc) is 2.82. The molecule has 2 aromatic rings. The van der Waals surface area contributed by atoms with Crippen LogP contribution in [0.3, 0.4) is 0 Å². The lowest BCUT2D eigenvalue weighted by Crippen LogP contribution is -2.28. The van der Waals surface area contributed by atoms with Gasteiger partial charge in [-0.25, -0.2) is 9.36 Å². The molecule has 0 bridgehead atoms. The molecule has 0 amide bonds. The first kappa shape index (κ1) is 14.8. The van der Waals surface area contributed by atoms with Crippen LogP contribution in [-0.4, -0.2) is 43.1 Å². The van der Waals surface area contributed by atoms with E-state index in [0.717, 1.165) is 4.68 Å². The summed E-state index contributed by atoms with van der Waals surface area (Å²) in [6.07, 6.45) is 1.37. The van der Waals surface area contributed by atoms with Crippen LogP contribution in [0.5, 0.6) is 0 Å². The van der Waals surface area contributed by atoms with Gasteiger partial charge < -0.3 is 4.74 Å². The Balaban J connectivity index is 2.06. The largest absolute Gasteiger partial charge is 0.466 e. The first-order chi connectivity index (χ1) is 10.0. The van der Waals surface area contributed by atoms with Crippen molar-refractivity contribution in [2.75, 3.05) is 6.61 Å². The van der Waals surface area contributed by atoms with Gasteiger partial charge in [-0.2, -0.15) is 5.10 Å². The molecule has 0 aromatic carbocycles. The molecule has 2 aromatic heterocycles. The van der Waals surface area contributed by atoms with Crippen LogP contribution in [0.4, 0.5) is 0 Å². The molecule has 0 N–H and O–H groups in total. The van der Waals surface area contributed by atoms with E-state index in [2.05, 4.69) is 15.4 Å². The Kier molecular flexibility index (Phi) is 4.41. The van der Waals surface area contributed by atoms with Gasteiger partial charge in [0.15, 0.2) is 11.4 Å². The minimum atomic E-state index is -0.438. The monoisotopic (exact) mass is 293 g/mol. The van der Waals surface area contributed by atoms with Crippen LogP contribution >= 0.6 is 0 Å². The third kappa shape index (κ3) is 3.30. The van der Waals surface area contributed by atoms with E-state index in [-0.39, 0.29) is 31.8 Å². The molecule has 2 heterocycles. The lowest BCUT2D eigenvalue weighted by Gasteiger charge is -2.03. The van der Waals surface area contributed by atoms with Gasteiger partial charge in [0.2, 0.25) is 0 Å². The number of carbonyl (C=O) groups is 2. The average molecular weight is 293 g/mol. The van der Waals surface area contributed by atoms with Crippen molar-refractivity contribution < 1.29 is 14.3 Å². The molecule has 0 spiro atoms. The zero-order valence-corrected chi connectivity index (χ0v) is 11.8. The Labute approximate surface area is 119 Å². The van der Waals surface area contributed by atoms with Crippen LogP contribution in [0.15, 0.2) is 11.0 Å². The third-order valence-electron chi connectivity index (χ3n) is 2.86. The van der Waals surface area contributed by atoms with Crippen LogP contribution in [0.2, 0.25) is 0 Å². The number of hydrogen-bond donors (Lipinski definition) is 0. The molecule has 0 saturated carbocycles. The zero-order chi connectivity index (χ0) is 15.4. The zero-order valence-electron chi connectivity index (χ0n) is 11.8. The molecule has 2 rings (SSSR count). The number of aromatic nitrogens is 5. The highest BCUT2D eigenvalue weighted by molar-refractivity contribution is 5.83. The maximum absolute atomic E-state index is 12.1. The van der Waals surface area contributed by atoms with E-state index in [0.29, 0.717) is 11.0 Å². The number of esters is 1. The molecule has 112 valence electrons. The van der Waals surface area contributed by atoms with Crippen molar-refractivity contribution in [2.45, 2.75) is 26.3 Å². The summed E-state index contributed by atoms with van der Waals surface area (Å²) >= 11 is 0. The number of ether oxygens (including phenoxy) is 1. The summed E-state index contributed by atoms with van der Waals surface area (Å²) in [5.74, 6) is -0.727. The third-order valence-corrected chi connectivity index (χ3v) is 2.86. The Morgan fingerprint density at radius 2 is 2.10 bits per heavy atom. The quantitative estimate of drug-likeness (QED) is 0.656. The predicted molar refractivity (Wildman–Crippen MR) is 71.4 cm³/mol. The van der Waals surface area contributed by atoms with E-state index in [1.807, 2.05) is 0 Å². The number of rotatable bonds is 6. The van der Waals surface area contributed by atoms with Crippen molar-refractivity contribution in [3.63, 3.8) is 0 Å². The fraction of sp³-hybridized carbons (Fsp3) is 0.500. The summed E-state index contributed by atoms with van der Waals surface area (Å²) in [6, 6.07) is 0. The first-order valence-corrected chi connectivity index (χ1v) is 6.45. The van der Waals surface area contributed by atoms with Gasteiger partial charge in [-0.05, 0) is 6.92 Å². The summed E-state index contributed by atoms with van der Waals surface area (Å²) < 4.78 is 7.12. The summed E-state index contributed by atoms with van der Waals surface area (Å²) in [7, 11) is 1.64. The van der Waals surface area contributed by atoms with Crippen LogP contribution in [0.25, 0.3) is 11.0 Å². The standard InChI is InChI=1S/C12H15N5O4/c1-3-21-10(19)5-4-8(18)7-17-12(20)9-6-13-16(2)11(9)14-15-17/h6H,3-5,7H2,1-2H3. The van der Waals surface area contributed by atoms with Gasteiger partial charge in [0.1, 0.15) is 11.9 Å². The van der Waals surface area contributed by atoms with Crippen LogP contribution in [0, 0.1) is 0 Å². The summed E-state index contributed by atoms with van der Waals surface area (Å²) in [6.45, 7) is 1.74. The number of ketones is 1. The van der Waals surface area contributed by atoms with Gasteiger partial charge in [0.05, 0.1) is 19.2 Å². The Bertz CT molecular complexity index is 733. The molecule has 21 heavy (non-hydrogen) atoms. The topological polar surface area (TPSA) is 109 Å². The Hall–Kier alpha value is -2.58.